The lowest BCUT2D eigenvalue weighted by Gasteiger charge is -2.46. The van der Waals surface area contributed by atoms with Gasteiger partial charge in [-0.1, -0.05) is 0 Å². The van der Waals surface area contributed by atoms with E-state index in [1.807, 2.05) is 0 Å². The smallest absolute Gasteiger partial charge is 0.303 e. The van der Waals surface area contributed by atoms with Crippen molar-refractivity contribution in [3.05, 3.63) is 12.3 Å². The molecule has 2 aliphatic rings. The molecule has 1 saturated heterocycles. The van der Waals surface area contributed by atoms with E-state index in [4.69, 9.17) is 42.6 Å². The van der Waals surface area contributed by atoms with Crippen molar-refractivity contribution < 1.29 is 71.4 Å². The van der Waals surface area contributed by atoms with Gasteiger partial charge in [-0.3, -0.25) is 28.8 Å². The normalized spacial score (nSPS) is 29.7. The van der Waals surface area contributed by atoms with Crippen LogP contribution in [0, 0.1) is 0 Å². The number of hydrogen-bond donors (Lipinski definition) is 0. The van der Waals surface area contributed by atoms with Gasteiger partial charge in [0.25, 0.3) is 0 Å². The third kappa shape index (κ3) is 9.83. The van der Waals surface area contributed by atoms with Crippen LogP contribution in [0.2, 0.25) is 0 Å². The molecule has 0 bridgehead atoms. The number of esters is 6. The third-order valence-electron chi connectivity index (χ3n) is 5.20. The molecular formula is C24H32O15. The summed E-state index contributed by atoms with van der Waals surface area (Å²) in [6, 6.07) is 0. The van der Waals surface area contributed by atoms with E-state index >= 15 is 0 Å². The van der Waals surface area contributed by atoms with Crippen molar-refractivity contribution in [2.75, 3.05) is 13.2 Å². The minimum absolute atomic E-state index is 0.326. The molecule has 15 heteroatoms. The molecule has 0 aromatic carbocycles. The standard InChI is InChI=1S/C24H32O15/c1-11(25)32-9-18-20(17(7-8-31-18)34-13(3)27)39-24-23(37-16(6)30)22(36-15(5)29)21(35-14(4)28)19(38-24)10-33-12(2)26/h7-8,17-24H,9-10H2,1-6H3/t17-,18-,19-,20+,21?,22+,23-,24+/m1/s1. The summed E-state index contributed by atoms with van der Waals surface area (Å²) in [5.41, 5.74) is 0. The van der Waals surface area contributed by atoms with E-state index in [2.05, 4.69) is 0 Å². The summed E-state index contributed by atoms with van der Waals surface area (Å²) >= 11 is 0. The highest BCUT2D eigenvalue weighted by Crippen LogP contribution is 2.32. The van der Waals surface area contributed by atoms with Crippen molar-refractivity contribution in [2.24, 2.45) is 0 Å². The first-order valence-electron chi connectivity index (χ1n) is 11.9. The van der Waals surface area contributed by atoms with Gasteiger partial charge in [0.1, 0.15) is 25.4 Å². The Kier molecular flexibility index (Phi) is 11.7. The SMILES string of the molecule is CC(=O)OC[C@H]1O[C@@H](O[C@H]2[C@H](OC(C)=O)C=CO[C@@H]2COC(C)=O)[C@H](OC(C)=O)[C@@H](OC(C)=O)C1OC(C)=O. The third-order valence-corrected chi connectivity index (χ3v) is 5.20. The van der Waals surface area contributed by atoms with E-state index in [-0.39, 0.29) is 6.61 Å². The zero-order valence-electron chi connectivity index (χ0n) is 22.3. The van der Waals surface area contributed by atoms with Gasteiger partial charge >= 0.3 is 35.8 Å². The fourth-order valence-corrected chi connectivity index (χ4v) is 3.87. The van der Waals surface area contributed by atoms with Crippen molar-refractivity contribution in [3.63, 3.8) is 0 Å². The van der Waals surface area contributed by atoms with Crippen molar-refractivity contribution in [1.29, 1.82) is 0 Å². The van der Waals surface area contributed by atoms with Gasteiger partial charge in [-0.25, -0.2) is 0 Å². The van der Waals surface area contributed by atoms with Crippen LogP contribution in [-0.4, -0.2) is 98.0 Å². The summed E-state index contributed by atoms with van der Waals surface area (Å²) in [5, 5.41) is 0. The molecule has 0 N–H and O–H groups in total. The van der Waals surface area contributed by atoms with Gasteiger partial charge in [0.05, 0.1) is 6.26 Å². The van der Waals surface area contributed by atoms with Gasteiger partial charge < -0.3 is 42.6 Å². The summed E-state index contributed by atoms with van der Waals surface area (Å²) in [4.78, 5) is 70.6. The maximum atomic E-state index is 12.0. The summed E-state index contributed by atoms with van der Waals surface area (Å²) in [7, 11) is 0. The molecule has 0 saturated carbocycles. The Morgan fingerprint density at radius 1 is 0.590 bits per heavy atom. The zero-order valence-corrected chi connectivity index (χ0v) is 22.3. The zero-order chi connectivity index (χ0) is 29.3. The summed E-state index contributed by atoms with van der Waals surface area (Å²) in [6.07, 6.45) is -7.97. The lowest BCUT2D eigenvalue weighted by molar-refractivity contribution is -0.328. The predicted octanol–water partition coefficient (Wildman–Crippen LogP) is -0.138. The maximum absolute atomic E-state index is 12.0. The first-order valence-corrected chi connectivity index (χ1v) is 11.9. The van der Waals surface area contributed by atoms with Crippen molar-refractivity contribution in [2.45, 2.75) is 90.6 Å². The number of ether oxygens (including phenoxy) is 9. The molecule has 1 unspecified atom stereocenters. The molecule has 0 radical (unpaired) electrons. The Labute approximate surface area is 223 Å². The van der Waals surface area contributed by atoms with Gasteiger partial charge in [-0.2, -0.15) is 0 Å². The Morgan fingerprint density at radius 3 is 1.59 bits per heavy atom. The van der Waals surface area contributed by atoms with Crippen molar-refractivity contribution >= 4 is 35.8 Å². The molecule has 2 rings (SSSR count). The molecule has 0 amide bonds. The number of carbonyl (C=O) groups is 6. The van der Waals surface area contributed by atoms with Gasteiger partial charge in [-0.15, -0.1) is 0 Å². The van der Waals surface area contributed by atoms with E-state index in [0.717, 1.165) is 34.6 Å². The van der Waals surface area contributed by atoms with Crippen molar-refractivity contribution in [3.8, 4) is 0 Å². The molecule has 0 aromatic heterocycles. The average Bonchev–Trinajstić information content (AvgIpc) is 2.80. The fraction of sp³-hybridized carbons (Fsp3) is 0.667. The molecule has 8 atom stereocenters. The Morgan fingerprint density at radius 2 is 1.08 bits per heavy atom. The van der Waals surface area contributed by atoms with Crippen LogP contribution < -0.4 is 0 Å². The Bertz CT molecular complexity index is 959. The van der Waals surface area contributed by atoms with Crippen LogP contribution in [-0.2, 0) is 71.4 Å². The van der Waals surface area contributed by atoms with Crippen LogP contribution in [0.25, 0.3) is 0 Å². The molecule has 1 fully saturated rings. The van der Waals surface area contributed by atoms with E-state index in [1.165, 1.54) is 19.3 Å². The second kappa shape index (κ2) is 14.4. The quantitative estimate of drug-likeness (QED) is 0.254. The molecule has 39 heavy (non-hydrogen) atoms. The largest absolute Gasteiger partial charge is 0.492 e. The van der Waals surface area contributed by atoms with Gasteiger partial charge in [-0.05, 0) is 6.08 Å². The lowest BCUT2D eigenvalue weighted by atomic mass is 9.97. The van der Waals surface area contributed by atoms with E-state index < -0.39 is 91.4 Å². The molecule has 15 nitrogen and oxygen atoms in total. The summed E-state index contributed by atoms with van der Waals surface area (Å²) < 4.78 is 49.0. The van der Waals surface area contributed by atoms with Crippen LogP contribution in [0.4, 0.5) is 0 Å². The second-order valence-corrected chi connectivity index (χ2v) is 8.55. The predicted molar refractivity (Wildman–Crippen MR) is 123 cm³/mol. The van der Waals surface area contributed by atoms with E-state index in [1.54, 1.807) is 0 Å². The average molecular weight is 561 g/mol. The van der Waals surface area contributed by atoms with Crippen LogP contribution in [0.3, 0.4) is 0 Å². The summed E-state index contributed by atoms with van der Waals surface area (Å²) in [6.45, 7) is 5.92. The molecular weight excluding hydrogens is 528 g/mol. The highest BCUT2D eigenvalue weighted by molar-refractivity contribution is 5.69. The topological polar surface area (TPSA) is 185 Å². The van der Waals surface area contributed by atoms with Gasteiger partial charge in [0, 0.05) is 41.5 Å². The first-order chi connectivity index (χ1) is 18.3. The monoisotopic (exact) mass is 560 g/mol. The minimum atomic E-state index is -1.58. The first kappa shape index (κ1) is 31.5. The molecule has 0 spiro atoms. The van der Waals surface area contributed by atoms with Crippen LogP contribution in [0.1, 0.15) is 41.5 Å². The molecule has 0 aliphatic carbocycles. The number of rotatable bonds is 10. The van der Waals surface area contributed by atoms with Crippen LogP contribution in [0.15, 0.2) is 12.3 Å². The number of hydrogen-bond acceptors (Lipinski definition) is 15. The Hall–Kier alpha value is -3.72. The van der Waals surface area contributed by atoms with Crippen LogP contribution in [0.5, 0.6) is 0 Å². The molecule has 218 valence electrons. The molecule has 0 aromatic rings. The highest BCUT2D eigenvalue weighted by atomic mass is 16.7. The second-order valence-electron chi connectivity index (χ2n) is 8.55. The fourth-order valence-electron chi connectivity index (χ4n) is 3.87. The minimum Gasteiger partial charge on any atom is -0.492 e. The molecule has 2 aliphatic heterocycles. The lowest BCUT2D eigenvalue weighted by Crippen LogP contribution is -2.64. The van der Waals surface area contributed by atoms with Crippen molar-refractivity contribution in [1.82, 2.24) is 0 Å². The molecule has 2 heterocycles. The van der Waals surface area contributed by atoms with Gasteiger partial charge in [0.15, 0.2) is 36.8 Å². The number of carbonyl (C=O) groups excluding carboxylic acids is 6. The summed E-state index contributed by atoms with van der Waals surface area (Å²) in [5.74, 6) is -4.43. The maximum Gasteiger partial charge on any atom is 0.303 e. The highest BCUT2D eigenvalue weighted by Gasteiger charge is 2.54. The Balaban J connectivity index is 2.52. The van der Waals surface area contributed by atoms with Crippen LogP contribution >= 0.6 is 0 Å². The van der Waals surface area contributed by atoms with E-state index in [9.17, 15) is 28.8 Å². The van der Waals surface area contributed by atoms with E-state index in [0.29, 0.717) is 0 Å². The van der Waals surface area contributed by atoms with Gasteiger partial charge in [0.2, 0.25) is 0 Å².